The van der Waals surface area contributed by atoms with Gasteiger partial charge in [0.25, 0.3) is 0 Å². The van der Waals surface area contributed by atoms with Crippen molar-refractivity contribution in [1.82, 2.24) is 10.2 Å². The molecule has 76 valence electrons. The standard InChI is InChI=1S/C12H18N2/c1-14(2)9-10-4-3-5-11(6-10)12-7-13-8-12/h3-6,12-13H,7-9H2,1-2H3. The second-order valence-corrected chi connectivity index (χ2v) is 4.34. The molecular weight excluding hydrogens is 172 g/mol. The molecule has 0 bridgehead atoms. The molecule has 0 aromatic heterocycles. The summed E-state index contributed by atoms with van der Waals surface area (Å²) in [6.45, 7) is 3.32. The molecule has 1 aromatic carbocycles. The first-order valence-corrected chi connectivity index (χ1v) is 5.20. The first kappa shape index (κ1) is 9.69. The second kappa shape index (κ2) is 4.11. The molecular formula is C12H18N2. The summed E-state index contributed by atoms with van der Waals surface area (Å²) in [6.07, 6.45) is 0. The van der Waals surface area contributed by atoms with Crippen LogP contribution in [0.1, 0.15) is 17.0 Å². The summed E-state index contributed by atoms with van der Waals surface area (Å²) in [7, 11) is 4.22. The molecule has 1 aliphatic heterocycles. The summed E-state index contributed by atoms with van der Waals surface area (Å²) < 4.78 is 0. The Morgan fingerprint density at radius 2 is 2.14 bits per heavy atom. The van der Waals surface area contributed by atoms with Crippen molar-refractivity contribution in [2.45, 2.75) is 12.5 Å². The molecule has 1 heterocycles. The third-order valence-electron chi connectivity index (χ3n) is 2.70. The third-order valence-corrected chi connectivity index (χ3v) is 2.70. The van der Waals surface area contributed by atoms with E-state index in [1.165, 1.54) is 11.1 Å². The summed E-state index contributed by atoms with van der Waals surface area (Å²) in [5.74, 6) is 0.747. The van der Waals surface area contributed by atoms with Crippen LogP contribution in [-0.4, -0.2) is 32.1 Å². The van der Waals surface area contributed by atoms with Gasteiger partial charge in [0.05, 0.1) is 0 Å². The zero-order valence-electron chi connectivity index (χ0n) is 8.96. The average Bonchev–Trinajstić information content (AvgIpc) is 1.99. The molecule has 1 N–H and O–H groups in total. The average molecular weight is 190 g/mol. The van der Waals surface area contributed by atoms with Gasteiger partial charge in [-0.05, 0) is 25.2 Å². The Morgan fingerprint density at radius 1 is 1.36 bits per heavy atom. The fraction of sp³-hybridized carbons (Fsp3) is 0.500. The van der Waals surface area contributed by atoms with Crippen LogP contribution < -0.4 is 5.32 Å². The number of hydrogen-bond donors (Lipinski definition) is 1. The lowest BCUT2D eigenvalue weighted by Gasteiger charge is -2.28. The van der Waals surface area contributed by atoms with Crippen molar-refractivity contribution in [2.75, 3.05) is 27.2 Å². The minimum Gasteiger partial charge on any atom is -0.315 e. The van der Waals surface area contributed by atoms with Crippen molar-refractivity contribution >= 4 is 0 Å². The summed E-state index contributed by atoms with van der Waals surface area (Å²) in [5.41, 5.74) is 2.91. The van der Waals surface area contributed by atoms with Crippen LogP contribution in [0.2, 0.25) is 0 Å². The fourth-order valence-electron chi connectivity index (χ4n) is 1.83. The Bertz CT molecular complexity index is 303. The van der Waals surface area contributed by atoms with E-state index in [1.54, 1.807) is 0 Å². The largest absolute Gasteiger partial charge is 0.315 e. The molecule has 0 saturated carbocycles. The zero-order valence-corrected chi connectivity index (χ0v) is 8.96. The van der Waals surface area contributed by atoms with Crippen molar-refractivity contribution in [3.63, 3.8) is 0 Å². The monoisotopic (exact) mass is 190 g/mol. The molecule has 0 spiro atoms. The third kappa shape index (κ3) is 2.14. The second-order valence-electron chi connectivity index (χ2n) is 4.34. The minimum absolute atomic E-state index is 0.747. The molecule has 0 unspecified atom stereocenters. The summed E-state index contributed by atoms with van der Waals surface area (Å²) in [6, 6.07) is 8.96. The maximum Gasteiger partial charge on any atom is 0.0227 e. The molecule has 1 saturated heterocycles. The van der Waals surface area contributed by atoms with Gasteiger partial charge in [-0.2, -0.15) is 0 Å². The Morgan fingerprint density at radius 3 is 2.71 bits per heavy atom. The topological polar surface area (TPSA) is 15.3 Å². The molecule has 2 rings (SSSR count). The smallest absolute Gasteiger partial charge is 0.0227 e. The van der Waals surface area contributed by atoms with Crippen LogP contribution >= 0.6 is 0 Å². The zero-order chi connectivity index (χ0) is 9.97. The summed E-state index contributed by atoms with van der Waals surface area (Å²) >= 11 is 0. The van der Waals surface area contributed by atoms with Crippen LogP contribution in [0.3, 0.4) is 0 Å². The van der Waals surface area contributed by atoms with Gasteiger partial charge in [-0.25, -0.2) is 0 Å². The Labute approximate surface area is 85.9 Å². The van der Waals surface area contributed by atoms with E-state index >= 15 is 0 Å². The number of hydrogen-bond acceptors (Lipinski definition) is 2. The van der Waals surface area contributed by atoms with Crippen molar-refractivity contribution in [2.24, 2.45) is 0 Å². The van der Waals surface area contributed by atoms with Crippen molar-refractivity contribution in [3.8, 4) is 0 Å². The van der Waals surface area contributed by atoms with Gasteiger partial charge in [-0.1, -0.05) is 24.3 Å². The van der Waals surface area contributed by atoms with Gasteiger partial charge in [0.2, 0.25) is 0 Å². The van der Waals surface area contributed by atoms with Gasteiger partial charge < -0.3 is 10.2 Å². The van der Waals surface area contributed by atoms with E-state index in [4.69, 9.17) is 0 Å². The molecule has 14 heavy (non-hydrogen) atoms. The van der Waals surface area contributed by atoms with Gasteiger partial charge in [0.1, 0.15) is 0 Å². The Hall–Kier alpha value is -0.860. The lowest BCUT2D eigenvalue weighted by Crippen LogP contribution is -2.39. The molecule has 1 fully saturated rings. The van der Waals surface area contributed by atoms with Crippen molar-refractivity contribution in [3.05, 3.63) is 35.4 Å². The van der Waals surface area contributed by atoms with Crippen LogP contribution in [0, 0.1) is 0 Å². The van der Waals surface area contributed by atoms with Crippen molar-refractivity contribution < 1.29 is 0 Å². The predicted octanol–water partition coefficient (Wildman–Crippen LogP) is 1.44. The number of benzene rings is 1. The minimum atomic E-state index is 0.747. The molecule has 1 aliphatic rings. The molecule has 0 amide bonds. The quantitative estimate of drug-likeness (QED) is 0.776. The maximum absolute atomic E-state index is 3.31. The van der Waals surface area contributed by atoms with Gasteiger partial charge in [0.15, 0.2) is 0 Å². The first-order chi connectivity index (χ1) is 6.75. The lowest BCUT2D eigenvalue weighted by molar-refractivity contribution is 0.401. The van der Waals surface area contributed by atoms with E-state index < -0.39 is 0 Å². The molecule has 1 aromatic rings. The molecule has 0 aliphatic carbocycles. The van der Waals surface area contributed by atoms with E-state index in [-0.39, 0.29) is 0 Å². The fourth-order valence-corrected chi connectivity index (χ4v) is 1.83. The normalized spacial score (nSPS) is 17.1. The number of nitrogens with zero attached hydrogens (tertiary/aromatic N) is 1. The number of rotatable bonds is 3. The number of nitrogens with one attached hydrogen (secondary N) is 1. The van der Waals surface area contributed by atoms with E-state index in [2.05, 4.69) is 48.6 Å². The highest BCUT2D eigenvalue weighted by Gasteiger charge is 2.18. The van der Waals surface area contributed by atoms with Crippen LogP contribution in [0.5, 0.6) is 0 Å². The SMILES string of the molecule is CN(C)Cc1cccc(C2CNC2)c1. The Balaban J connectivity index is 2.09. The highest BCUT2D eigenvalue weighted by atomic mass is 15.0. The van der Waals surface area contributed by atoms with E-state index in [9.17, 15) is 0 Å². The lowest BCUT2D eigenvalue weighted by atomic mass is 9.92. The van der Waals surface area contributed by atoms with E-state index in [0.717, 1.165) is 25.6 Å². The first-order valence-electron chi connectivity index (χ1n) is 5.20. The van der Waals surface area contributed by atoms with Gasteiger partial charge in [-0.15, -0.1) is 0 Å². The summed E-state index contributed by atoms with van der Waals surface area (Å²) in [4.78, 5) is 2.21. The highest BCUT2D eigenvalue weighted by molar-refractivity contribution is 5.28. The maximum atomic E-state index is 3.31. The summed E-state index contributed by atoms with van der Waals surface area (Å²) in [5, 5.41) is 3.31. The van der Waals surface area contributed by atoms with E-state index in [1.807, 2.05) is 0 Å². The van der Waals surface area contributed by atoms with Crippen LogP contribution in [-0.2, 0) is 6.54 Å². The highest BCUT2D eigenvalue weighted by Crippen LogP contribution is 2.20. The molecule has 2 heteroatoms. The van der Waals surface area contributed by atoms with Gasteiger partial charge >= 0.3 is 0 Å². The van der Waals surface area contributed by atoms with Gasteiger partial charge in [-0.3, -0.25) is 0 Å². The van der Waals surface area contributed by atoms with Crippen LogP contribution in [0.25, 0.3) is 0 Å². The van der Waals surface area contributed by atoms with Crippen molar-refractivity contribution in [1.29, 1.82) is 0 Å². The Kier molecular flexibility index (Phi) is 2.85. The van der Waals surface area contributed by atoms with Crippen LogP contribution in [0.4, 0.5) is 0 Å². The van der Waals surface area contributed by atoms with Gasteiger partial charge in [0, 0.05) is 25.6 Å². The molecule has 2 nitrogen and oxygen atoms in total. The molecule has 0 atom stereocenters. The predicted molar refractivity (Wildman–Crippen MR) is 59.4 cm³/mol. The van der Waals surface area contributed by atoms with Crippen LogP contribution in [0.15, 0.2) is 24.3 Å². The molecule has 0 radical (unpaired) electrons. The van der Waals surface area contributed by atoms with E-state index in [0.29, 0.717) is 0 Å².